The molecule has 2 N–H and O–H groups in total. The van der Waals surface area contributed by atoms with Crippen LogP contribution in [0.2, 0.25) is 0 Å². The Hall–Kier alpha value is -2.36. The minimum absolute atomic E-state index is 0.255. The number of aromatic amines is 1. The summed E-state index contributed by atoms with van der Waals surface area (Å²) in [6.45, 7) is 8.52. The molecule has 0 unspecified atom stereocenters. The van der Waals surface area contributed by atoms with Crippen LogP contribution in [-0.2, 0) is 0 Å². The zero-order valence-electron chi connectivity index (χ0n) is 12.7. The van der Waals surface area contributed by atoms with E-state index in [4.69, 9.17) is 0 Å². The van der Waals surface area contributed by atoms with Gasteiger partial charge in [0.15, 0.2) is 6.29 Å². The standard InChI is InChI=1S/C17H19N3O/c1-9-11(3)18-12(4)10(2)17(9)13-5-6-15-14(7-13)16(8-21)20-19-15/h5-8,17-18H,1-4H3,(H,19,20). The number of hydrogen-bond donors (Lipinski definition) is 2. The van der Waals surface area contributed by atoms with Gasteiger partial charge in [0, 0.05) is 22.7 Å². The summed E-state index contributed by atoms with van der Waals surface area (Å²) in [6.07, 6.45) is 0.823. The Morgan fingerprint density at radius 2 is 1.76 bits per heavy atom. The summed E-state index contributed by atoms with van der Waals surface area (Å²) in [5, 5.41) is 11.2. The van der Waals surface area contributed by atoms with E-state index in [0.29, 0.717) is 5.69 Å². The van der Waals surface area contributed by atoms with E-state index in [1.165, 1.54) is 28.1 Å². The second-order valence-electron chi connectivity index (χ2n) is 5.71. The lowest BCUT2D eigenvalue weighted by Crippen LogP contribution is -2.22. The lowest BCUT2D eigenvalue weighted by Gasteiger charge is -2.29. The van der Waals surface area contributed by atoms with Crippen molar-refractivity contribution in [1.29, 1.82) is 0 Å². The zero-order valence-corrected chi connectivity index (χ0v) is 12.7. The van der Waals surface area contributed by atoms with Crippen LogP contribution in [0.3, 0.4) is 0 Å². The molecule has 0 amide bonds. The molecule has 0 aliphatic carbocycles. The first-order valence-corrected chi connectivity index (χ1v) is 7.08. The molecule has 0 saturated heterocycles. The van der Waals surface area contributed by atoms with E-state index in [9.17, 15) is 4.79 Å². The van der Waals surface area contributed by atoms with Crippen LogP contribution in [0.15, 0.2) is 40.7 Å². The van der Waals surface area contributed by atoms with Crippen LogP contribution in [0.4, 0.5) is 0 Å². The van der Waals surface area contributed by atoms with Crippen LogP contribution in [0.5, 0.6) is 0 Å². The molecule has 2 aromatic rings. The van der Waals surface area contributed by atoms with Crippen molar-refractivity contribution < 1.29 is 4.79 Å². The van der Waals surface area contributed by atoms with E-state index in [-0.39, 0.29) is 5.92 Å². The number of nitrogens with one attached hydrogen (secondary N) is 2. The Morgan fingerprint density at radius 1 is 1.10 bits per heavy atom. The molecule has 4 nitrogen and oxygen atoms in total. The van der Waals surface area contributed by atoms with Crippen LogP contribution < -0.4 is 5.32 Å². The molecule has 3 rings (SSSR count). The fourth-order valence-electron chi connectivity index (χ4n) is 3.05. The van der Waals surface area contributed by atoms with Gasteiger partial charge in [-0.15, -0.1) is 0 Å². The lowest BCUT2D eigenvalue weighted by atomic mass is 9.82. The van der Waals surface area contributed by atoms with Crippen LogP contribution in [-0.4, -0.2) is 16.5 Å². The number of nitrogens with zero attached hydrogens (tertiary/aromatic N) is 1. The van der Waals surface area contributed by atoms with Gasteiger partial charge in [-0.25, -0.2) is 0 Å². The lowest BCUT2D eigenvalue weighted by molar-refractivity contribution is 0.112. The summed E-state index contributed by atoms with van der Waals surface area (Å²) < 4.78 is 0. The first-order valence-electron chi connectivity index (χ1n) is 7.08. The third kappa shape index (κ3) is 2.07. The molecule has 0 fully saturated rings. The van der Waals surface area contributed by atoms with Crippen molar-refractivity contribution in [2.45, 2.75) is 33.6 Å². The maximum Gasteiger partial charge on any atom is 0.168 e. The molecule has 21 heavy (non-hydrogen) atoms. The van der Waals surface area contributed by atoms with Gasteiger partial charge in [0.2, 0.25) is 0 Å². The quantitative estimate of drug-likeness (QED) is 0.826. The summed E-state index contributed by atoms with van der Waals surface area (Å²) in [5.41, 5.74) is 7.59. The van der Waals surface area contributed by atoms with Crippen molar-refractivity contribution >= 4 is 17.2 Å². The highest BCUT2D eigenvalue weighted by atomic mass is 16.1. The second kappa shape index (κ2) is 4.88. The average Bonchev–Trinajstić information content (AvgIpc) is 2.88. The van der Waals surface area contributed by atoms with Gasteiger partial charge in [0.1, 0.15) is 5.69 Å². The van der Waals surface area contributed by atoms with Crippen molar-refractivity contribution in [3.05, 3.63) is 52.0 Å². The predicted molar refractivity (Wildman–Crippen MR) is 84.1 cm³/mol. The fraction of sp³-hybridized carbons (Fsp3) is 0.294. The third-order valence-corrected chi connectivity index (χ3v) is 4.48. The van der Waals surface area contributed by atoms with Crippen molar-refractivity contribution in [3.63, 3.8) is 0 Å². The largest absolute Gasteiger partial charge is 0.363 e. The molecule has 2 heterocycles. The number of hydrogen-bond acceptors (Lipinski definition) is 3. The first-order chi connectivity index (χ1) is 10.0. The number of aldehydes is 1. The topological polar surface area (TPSA) is 57.8 Å². The maximum atomic E-state index is 11.1. The van der Waals surface area contributed by atoms with Gasteiger partial charge in [-0.1, -0.05) is 6.07 Å². The zero-order chi connectivity index (χ0) is 15.1. The Labute approximate surface area is 123 Å². The molecule has 1 aromatic carbocycles. The summed E-state index contributed by atoms with van der Waals surface area (Å²) >= 11 is 0. The van der Waals surface area contributed by atoms with Gasteiger partial charge in [0.25, 0.3) is 0 Å². The van der Waals surface area contributed by atoms with E-state index in [1.807, 2.05) is 6.07 Å². The molecule has 0 atom stereocenters. The summed E-state index contributed by atoms with van der Waals surface area (Å²) in [5.74, 6) is 0.255. The van der Waals surface area contributed by atoms with Gasteiger partial charge < -0.3 is 5.32 Å². The highest BCUT2D eigenvalue weighted by Crippen LogP contribution is 2.38. The molecule has 0 saturated carbocycles. The second-order valence-corrected chi connectivity index (χ2v) is 5.71. The summed E-state index contributed by atoms with van der Waals surface area (Å²) in [4.78, 5) is 11.1. The van der Waals surface area contributed by atoms with Crippen molar-refractivity contribution in [1.82, 2.24) is 15.5 Å². The molecular weight excluding hydrogens is 262 g/mol. The average molecular weight is 281 g/mol. The van der Waals surface area contributed by atoms with E-state index in [0.717, 1.165) is 17.2 Å². The molecular formula is C17H19N3O. The number of allylic oxidation sites excluding steroid dienone is 4. The Bertz CT molecular complexity index is 771. The van der Waals surface area contributed by atoms with Gasteiger partial charge in [-0.2, -0.15) is 5.10 Å². The molecule has 0 radical (unpaired) electrons. The van der Waals surface area contributed by atoms with Crippen LogP contribution in [0.25, 0.3) is 10.9 Å². The Morgan fingerprint density at radius 3 is 2.38 bits per heavy atom. The highest BCUT2D eigenvalue weighted by Gasteiger charge is 2.24. The number of carbonyl (C=O) groups is 1. The first kappa shape index (κ1) is 13.6. The van der Waals surface area contributed by atoms with E-state index >= 15 is 0 Å². The summed E-state index contributed by atoms with van der Waals surface area (Å²) in [6, 6.07) is 6.15. The van der Waals surface area contributed by atoms with Crippen LogP contribution >= 0.6 is 0 Å². The van der Waals surface area contributed by atoms with Gasteiger partial charge in [-0.3, -0.25) is 9.89 Å². The monoisotopic (exact) mass is 281 g/mol. The van der Waals surface area contributed by atoms with Gasteiger partial charge in [0.05, 0.1) is 5.52 Å². The number of dihydropyridines is 1. The number of rotatable bonds is 2. The molecule has 0 bridgehead atoms. The van der Waals surface area contributed by atoms with Gasteiger partial charge in [-0.05, 0) is 56.5 Å². The number of carbonyl (C=O) groups excluding carboxylic acids is 1. The Kier molecular flexibility index (Phi) is 3.16. The third-order valence-electron chi connectivity index (χ3n) is 4.48. The SMILES string of the molecule is CC1=C(C)C(c2ccc3n[nH]c(C=O)c3c2)C(C)=C(C)N1. The maximum absolute atomic E-state index is 11.1. The number of benzene rings is 1. The Balaban J connectivity index is 2.18. The highest BCUT2D eigenvalue weighted by molar-refractivity contribution is 5.95. The van der Waals surface area contributed by atoms with E-state index in [2.05, 4.69) is 55.3 Å². The predicted octanol–water partition coefficient (Wildman–Crippen LogP) is 3.65. The molecule has 1 aliphatic rings. The number of H-pyrrole nitrogens is 1. The van der Waals surface area contributed by atoms with E-state index < -0.39 is 0 Å². The molecule has 0 spiro atoms. The summed E-state index contributed by atoms with van der Waals surface area (Å²) in [7, 11) is 0. The van der Waals surface area contributed by atoms with Crippen molar-refractivity contribution in [3.8, 4) is 0 Å². The fourth-order valence-corrected chi connectivity index (χ4v) is 3.05. The molecule has 1 aromatic heterocycles. The van der Waals surface area contributed by atoms with Gasteiger partial charge >= 0.3 is 0 Å². The minimum atomic E-state index is 0.255. The van der Waals surface area contributed by atoms with Crippen molar-refractivity contribution in [2.24, 2.45) is 0 Å². The molecule has 108 valence electrons. The number of fused-ring (bicyclic) bond motifs is 1. The smallest absolute Gasteiger partial charge is 0.168 e. The van der Waals surface area contributed by atoms with Crippen molar-refractivity contribution in [2.75, 3.05) is 0 Å². The normalized spacial score (nSPS) is 16.6. The van der Waals surface area contributed by atoms with Crippen LogP contribution in [0, 0.1) is 0 Å². The molecule has 4 heteroatoms. The number of aromatic nitrogens is 2. The molecule has 1 aliphatic heterocycles. The van der Waals surface area contributed by atoms with E-state index in [1.54, 1.807) is 0 Å². The minimum Gasteiger partial charge on any atom is -0.363 e. The van der Waals surface area contributed by atoms with Crippen LogP contribution in [0.1, 0.15) is 49.7 Å².